The molecule has 120 valence electrons. The van der Waals surface area contributed by atoms with Crippen LogP contribution in [0.5, 0.6) is 0 Å². The summed E-state index contributed by atoms with van der Waals surface area (Å²) in [5, 5.41) is 2.61. The van der Waals surface area contributed by atoms with Gasteiger partial charge in [0.15, 0.2) is 5.11 Å². The first-order valence-corrected chi connectivity index (χ1v) is 7.65. The molecule has 24 heavy (non-hydrogen) atoms. The molecular formula is C18H14N2O3S. The summed E-state index contributed by atoms with van der Waals surface area (Å²) in [7, 11) is 0. The van der Waals surface area contributed by atoms with Crippen LogP contribution in [0, 0.1) is 6.92 Å². The molecule has 2 heterocycles. The molecule has 5 nitrogen and oxygen atoms in total. The average Bonchev–Trinajstić information content (AvgIpc) is 3.05. The number of aryl methyl sites for hydroxylation is 1. The second kappa shape index (κ2) is 6.64. The van der Waals surface area contributed by atoms with Crippen LogP contribution < -0.4 is 10.2 Å². The first-order chi connectivity index (χ1) is 11.6. The second-order valence-electron chi connectivity index (χ2n) is 5.19. The predicted molar refractivity (Wildman–Crippen MR) is 95.2 cm³/mol. The van der Waals surface area contributed by atoms with Gasteiger partial charge < -0.3 is 4.42 Å². The molecule has 1 aliphatic rings. The van der Waals surface area contributed by atoms with Gasteiger partial charge in [-0.3, -0.25) is 19.8 Å². The Morgan fingerprint density at radius 1 is 1.17 bits per heavy atom. The molecule has 1 N–H and O–H groups in total. The van der Waals surface area contributed by atoms with Gasteiger partial charge in [-0.15, -0.1) is 0 Å². The van der Waals surface area contributed by atoms with Crippen LogP contribution >= 0.6 is 12.2 Å². The lowest BCUT2D eigenvalue weighted by Crippen LogP contribution is -2.54. The molecule has 1 fully saturated rings. The molecule has 0 atom stereocenters. The van der Waals surface area contributed by atoms with E-state index in [0.29, 0.717) is 11.4 Å². The van der Waals surface area contributed by atoms with Crippen LogP contribution in [0.25, 0.3) is 6.08 Å². The Morgan fingerprint density at radius 3 is 2.58 bits per heavy atom. The average molecular weight is 338 g/mol. The molecule has 2 amide bonds. The number of carbonyl (C=O) groups is 2. The number of allylic oxidation sites excluding steroid dienone is 2. The van der Waals surface area contributed by atoms with Gasteiger partial charge in [0.05, 0.1) is 12.0 Å². The molecule has 0 saturated carbocycles. The van der Waals surface area contributed by atoms with Gasteiger partial charge in [0.1, 0.15) is 11.3 Å². The number of hydrogen-bond donors (Lipinski definition) is 1. The van der Waals surface area contributed by atoms with Crippen LogP contribution in [0.2, 0.25) is 0 Å². The van der Waals surface area contributed by atoms with Crippen molar-refractivity contribution in [3.63, 3.8) is 0 Å². The normalized spacial score (nSPS) is 17.0. The summed E-state index contributed by atoms with van der Waals surface area (Å²) in [6.07, 6.45) is 6.25. The summed E-state index contributed by atoms with van der Waals surface area (Å²) in [4.78, 5) is 26.1. The topological polar surface area (TPSA) is 62.6 Å². The van der Waals surface area contributed by atoms with Gasteiger partial charge in [-0.25, -0.2) is 0 Å². The maximum atomic E-state index is 12.7. The van der Waals surface area contributed by atoms with Crippen LogP contribution in [-0.2, 0) is 9.59 Å². The van der Waals surface area contributed by atoms with Crippen LogP contribution in [0.15, 0.2) is 64.8 Å². The summed E-state index contributed by atoms with van der Waals surface area (Å²) in [5.41, 5.74) is 1.68. The number of thiocarbonyl (C=S) groups is 1. The van der Waals surface area contributed by atoms with E-state index in [2.05, 4.69) is 5.32 Å². The Bertz CT molecular complexity index is 849. The van der Waals surface area contributed by atoms with Crippen molar-refractivity contribution >= 4 is 40.9 Å². The number of nitrogens with one attached hydrogen (secondary N) is 1. The van der Waals surface area contributed by atoms with Gasteiger partial charge in [0.2, 0.25) is 0 Å². The minimum Gasteiger partial charge on any atom is -0.465 e. The lowest BCUT2D eigenvalue weighted by Gasteiger charge is -2.28. The van der Waals surface area contributed by atoms with E-state index in [1.807, 2.05) is 19.1 Å². The molecule has 3 rings (SSSR count). The van der Waals surface area contributed by atoms with Gasteiger partial charge in [0, 0.05) is 0 Å². The fraction of sp³-hybridized carbons (Fsp3) is 0.0556. The van der Waals surface area contributed by atoms with Crippen molar-refractivity contribution in [3.05, 3.63) is 71.7 Å². The third-order valence-corrected chi connectivity index (χ3v) is 3.75. The van der Waals surface area contributed by atoms with Gasteiger partial charge in [-0.2, -0.15) is 0 Å². The standard InChI is InChI=1S/C18H14N2O3S/c1-12-7-9-13(10-8-12)20-17(22)15(16(21)19-18(20)24)6-2-4-14-5-3-11-23-14/h2-11H,1H3,(H,19,21,24)/b4-2+,15-6-. The summed E-state index contributed by atoms with van der Waals surface area (Å²) in [6.45, 7) is 1.95. The van der Waals surface area contributed by atoms with Crippen LogP contribution in [-0.4, -0.2) is 16.9 Å². The fourth-order valence-electron chi connectivity index (χ4n) is 2.23. The smallest absolute Gasteiger partial charge is 0.270 e. The number of benzene rings is 1. The summed E-state index contributed by atoms with van der Waals surface area (Å²) < 4.78 is 5.16. The lowest BCUT2D eigenvalue weighted by atomic mass is 10.1. The largest absolute Gasteiger partial charge is 0.465 e. The lowest BCUT2D eigenvalue weighted by molar-refractivity contribution is -0.122. The molecule has 0 unspecified atom stereocenters. The van der Waals surface area contributed by atoms with E-state index in [1.165, 1.54) is 11.0 Å². The number of amides is 2. The molecule has 1 saturated heterocycles. The highest BCUT2D eigenvalue weighted by Gasteiger charge is 2.33. The van der Waals surface area contributed by atoms with Gasteiger partial charge >= 0.3 is 0 Å². The van der Waals surface area contributed by atoms with E-state index >= 15 is 0 Å². The Balaban J connectivity index is 1.89. The van der Waals surface area contributed by atoms with E-state index in [4.69, 9.17) is 16.6 Å². The summed E-state index contributed by atoms with van der Waals surface area (Å²) in [6, 6.07) is 10.8. The Labute approximate surface area is 144 Å². The number of carbonyl (C=O) groups excluding carboxylic acids is 2. The monoisotopic (exact) mass is 338 g/mol. The van der Waals surface area contributed by atoms with Crippen molar-refractivity contribution in [1.29, 1.82) is 0 Å². The summed E-state index contributed by atoms with van der Waals surface area (Å²) >= 11 is 5.14. The fourth-order valence-corrected chi connectivity index (χ4v) is 2.51. The summed E-state index contributed by atoms with van der Waals surface area (Å²) in [5.74, 6) is -0.351. The quantitative estimate of drug-likeness (QED) is 0.531. The number of furan rings is 1. The van der Waals surface area contributed by atoms with Crippen molar-refractivity contribution in [3.8, 4) is 0 Å². The first-order valence-electron chi connectivity index (χ1n) is 7.24. The van der Waals surface area contributed by atoms with E-state index < -0.39 is 11.8 Å². The SMILES string of the molecule is Cc1ccc(N2C(=O)/C(=C\C=C\c3ccco3)C(=O)NC2=S)cc1. The van der Waals surface area contributed by atoms with E-state index in [-0.39, 0.29) is 10.7 Å². The highest BCUT2D eigenvalue weighted by Crippen LogP contribution is 2.21. The van der Waals surface area contributed by atoms with Gasteiger partial charge in [-0.1, -0.05) is 23.8 Å². The molecule has 1 aliphatic heterocycles. The molecule has 0 aliphatic carbocycles. The molecular weight excluding hydrogens is 324 g/mol. The molecule has 0 bridgehead atoms. The zero-order chi connectivity index (χ0) is 17.1. The number of rotatable bonds is 3. The van der Waals surface area contributed by atoms with Crippen molar-refractivity contribution in [2.24, 2.45) is 0 Å². The minimum absolute atomic E-state index is 0.00646. The van der Waals surface area contributed by atoms with E-state index in [0.717, 1.165) is 5.56 Å². The molecule has 0 spiro atoms. The number of nitrogens with zero attached hydrogens (tertiary/aromatic N) is 1. The highest BCUT2D eigenvalue weighted by molar-refractivity contribution is 7.80. The van der Waals surface area contributed by atoms with Crippen molar-refractivity contribution in [2.75, 3.05) is 4.90 Å². The van der Waals surface area contributed by atoms with Crippen molar-refractivity contribution in [1.82, 2.24) is 5.32 Å². The Hall–Kier alpha value is -2.99. The van der Waals surface area contributed by atoms with Crippen LogP contribution in [0.1, 0.15) is 11.3 Å². The van der Waals surface area contributed by atoms with Gasteiger partial charge in [-0.05, 0) is 55.6 Å². The van der Waals surface area contributed by atoms with Gasteiger partial charge in [0.25, 0.3) is 11.8 Å². The Kier molecular flexibility index (Phi) is 4.39. The zero-order valence-corrected chi connectivity index (χ0v) is 13.7. The number of hydrogen-bond acceptors (Lipinski definition) is 4. The molecule has 0 radical (unpaired) electrons. The van der Waals surface area contributed by atoms with Crippen LogP contribution in [0.3, 0.4) is 0 Å². The van der Waals surface area contributed by atoms with Crippen molar-refractivity contribution < 1.29 is 14.0 Å². The third kappa shape index (κ3) is 3.18. The minimum atomic E-state index is -0.516. The molecule has 1 aromatic heterocycles. The van der Waals surface area contributed by atoms with Crippen molar-refractivity contribution in [2.45, 2.75) is 6.92 Å². The maximum Gasteiger partial charge on any atom is 0.270 e. The van der Waals surface area contributed by atoms with E-state index in [9.17, 15) is 9.59 Å². The predicted octanol–water partition coefficient (Wildman–Crippen LogP) is 2.98. The Morgan fingerprint density at radius 2 is 1.92 bits per heavy atom. The second-order valence-corrected chi connectivity index (χ2v) is 5.58. The highest BCUT2D eigenvalue weighted by atomic mass is 32.1. The molecule has 1 aromatic carbocycles. The maximum absolute atomic E-state index is 12.7. The first kappa shape index (κ1) is 15.9. The molecule has 6 heteroatoms. The molecule has 2 aromatic rings. The van der Waals surface area contributed by atoms with Crippen LogP contribution in [0.4, 0.5) is 5.69 Å². The zero-order valence-electron chi connectivity index (χ0n) is 12.9. The number of anilines is 1. The van der Waals surface area contributed by atoms with E-state index in [1.54, 1.807) is 42.7 Å². The third-order valence-electron chi connectivity index (χ3n) is 3.46.